The summed E-state index contributed by atoms with van der Waals surface area (Å²) >= 11 is 2.61. The zero-order valence-electron chi connectivity index (χ0n) is 12.4. The van der Waals surface area contributed by atoms with Gasteiger partial charge in [-0.05, 0) is 62.9 Å². The van der Waals surface area contributed by atoms with Gasteiger partial charge in [0.1, 0.15) is 0 Å². The maximum atomic E-state index is 2.69. The number of likely N-dealkylation sites (tertiary alicyclic amines) is 1. The van der Waals surface area contributed by atoms with Gasteiger partial charge in [-0.1, -0.05) is 34.7 Å². The highest BCUT2D eigenvalue weighted by Gasteiger charge is 2.26. The summed E-state index contributed by atoms with van der Waals surface area (Å²) in [5.41, 5.74) is 2.79. The molecule has 0 radical (unpaired) electrons. The van der Waals surface area contributed by atoms with Gasteiger partial charge in [0, 0.05) is 29.2 Å². The molecule has 2 fully saturated rings. The molecule has 2 heterocycles. The molecule has 1 atom stereocenters. The average molecular weight is 384 g/mol. The Morgan fingerprint density at radius 1 is 1.15 bits per heavy atom. The quantitative estimate of drug-likeness (QED) is 0.579. The molecule has 0 saturated carbocycles. The summed E-state index contributed by atoms with van der Waals surface area (Å²) in [5.74, 6) is 0.862. The topological polar surface area (TPSA) is 6.48 Å². The minimum atomic E-state index is 0.862. The van der Waals surface area contributed by atoms with Crippen molar-refractivity contribution in [2.45, 2.75) is 30.1 Å². The maximum absolute atomic E-state index is 2.69. The van der Waals surface area contributed by atoms with Crippen LogP contribution in [0.5, 0.6) is 0 Å². The Bertz CT molecular complexity index is 440. The number of rotatable bonds is 3. The van der Waals surface area contributed by atoms with Crippen LogP contribution in [-0.2, 0) is 0 Å². The van der Waals surface area contributed by atoms with Crippen LogP contribution in [0.2, 0.25) is 0 Å². The van der Waals surface area contributed by atoms with Gasteiger partial charge in [0.15, 0.2) is 0 Å². The smallest absolute Gasteiger partial charge is 0.0368 e. The van der Waals surface area contributed by atoms with Crippen molar-refractivity contribution >= 4 is 28.3 Å². The van der Waals surface area contributed by atoms with Crippen LogP contribution in [-0.4, -0.2) is 41.5 Å². The van der Waals surface area contributed by atoms with Crippen molar-refractivity contribution in [3.05, 3.63) is 29.8 Å². The van der Waals surface area contributed by atoms with Crippen LogP contribution in [0, 0.1) is 12.8 Å². The normalized spacial score (nSPS) is 25.3. The van der Waals surface area contributed by atoms with E-state index in [0.717, 1.165) is 9.84 Å². The first kappa shape index (κ1) is 14.6. The van der Waals surface area contributed by atoms with Crippen molar-refractivity contribution < 1.29 is 0 Å². The summed E-state index contributed by atoms with van der Waals surface area (Å²) in [4.78, 5) is 5.27. The molecule has 110 valence electrons. The summed E-state index contributed by atoms with van der Waals surface area (Å²) in [6.07, 6.45) is 4.13. The summed E-state index contributed by atoms with van der Waals surface area (Å²) in [5, 5.41) is 0. The van der Waals surface area contributed by atoms with Crippen molar-refractivity contribution in [1.82, 2.24) is 4.90 Å². The molecular weight excluding hydrogens is 359 g/mol. The summed E-state index contributed by atoms with van der Waals surface area (Å²) in [6, 6.07) is 8.95. The third-order valence-corrected chi connectivity index (χ3v) is 5.93. The lowest BCUT2D eigenvalue weighted by molar-refractivity contribution is 0.207. The number of alkyl halides is 1. The second-order valence-electron chi connectivity index (χ2n) is 6.41. The molecule has 1 aromatic carbocycles. The highest BCUT2D eigenvalue weighted by molar-refractivity contribution is 14.1. The Kier molecular flexibility index (Phi) is 4.87. The molecule has 0 spiro atoms. The molecule has 0 aliphatic carbocycles. The molecule has 2 saturated heterocycles. The van der Waals surface area contributed by atoms with Gasteiger partial charge in [0.25, 0.3) is 0 Å². The lowest BCUT2D eigenvalue weighted by atomic mass is 10.1. The minimum Gasteiger partial charge on any atom is -0.371 e. The van der Waals surface area contributed by atoms with Crippen molar-refractivity contribution in [1.29, 1.82) is 0 Å². The Labute approximate surface area is 136 Å². The number of anilines is 1. The third-order valence-electron chi connectivity index (χ3n) is 4.69. The van der Waals surface area contributed by atoms with E-state index in [1.807, 2.05) is 0 Å². The largest absolute Gasteiger partial charge is 0.371 e. The van der Waals surface area contributed by atoms with Crippen LogP contribution in [0.1, 0.15) is 24.8 Å². The molecule has 0 aromatic heterocycles. The molecular formula is C17H25IN2. The minimum absolute atomic E-state index is 0.862. The predicted molar refractivity (Wildman–Crippen MR) is 95.0 cm³/mol. The van der Waals surface area contributed by atoms with Crippen LogP contribution in [0.4, 0.5) is 5.69 Å². The molecule has 1 aromatic rings. The van der Waals surface area contributed by atoms with E-state index in [1.54, 1.807) is 0 Å². The second kappa shape index (κ2) is 6.65. The third kappa shape index (κ3) is 3.67. The molecule has 0 amide bonds. The Hall–Kier alpha value is -0.290. The zero-order valence-corrected chi connectivity index (χ0v) is 14.6. The number of hydrogen-bond acceptors (Lipinski definition) is 2. The van der Waals surface area contributed by atoms with E-state index in [0.29, 0.717) is 0 Å². The van der Waals surface area contributed by atoms with E-state index in [2.05, 4.69) is 63.6 Å². The first-order valence-electron chi connectivity index (χ1n) is 7.89. The standard InChI is InChI=1S/C17H25IN2/c1-14-3-2-4-17(11-14)20-10-5-15(13-20)12-19-8-6-16(18)7-9-19/h2-4,11,15-16H,5-10,12-13H2,1H3. The molecule has 2 aliphatic rings. The number of nitrogens with zero attached hydrogens (tertiary/aromatic N) is 2. The predicted octanol–water partition coefficient (Wildman–Crippen LogP) is 3.72. The molecule has 0 N–H and O–H groups in total. The van der Waals surface area contributed by atoms with Crippen LogP contribution >= 0.6 is 22.6 Å². The van der Waals surface area contributed by atoms with Gasteiger partial charge < -0.3 is 9.80 Å². The van der Waals surface area contributed by atoms with Crippen LogP contribution in [0.25, 0.3) is 0 Å². The Balaban J connectivity index is 1.52. The van der Waals surface area contributed by atoms with Gasteiger partial charge in [-0.3, -0.25) is 0 Å². The van der Waals surface area contributed by atoms with Gasteiger partial charge in [0.2, 0.25) is 0 Å². The maximum Gasteiger partial charge on any atom is 0.0368 e. The SMILES string of the molecule is Cc1cccc(N2CCC(CN3CCC(I)CC3)C2)c1. The Morgan fingerprint density at radius 3 is 2.70 bits per heavy atom. The summed E-state index contributed by atoms with van der Waals surface area (Å²) in [7, 11) is 0. The lowest BCUT2D eigenvalue weighted by Gasteiger charge is -2.31. The van der Waals surface area contributed by atoms with Crippen molar-refractivity contribution in [3.8, 4) is 0 Å². The first-order chi connectivity index (χ1) is 9.70. The molecule has 2 nitrogen and oxygen atoms in total. The molecule has 0 bridgehead atoms. The fraction of sp³-hybridized carbons (Fsp3) is 0.647. The number of halogens is 1. The molecule has 3 rings (SSSR count). The Morgan fingerprint density at radius 2 is 1.95 bits per heavy atom. The molecule has 20 heavy (non-hydrogen) atoms. The van der Waals surface area contributed by atoms with Crippen molar-refractivity contribution in [2.75, 3.05) is 37.6 Å². The average Bonchev–Trinajstić information content (AvgIpc) is 2.90. The van der Waals surface area contributed by atoms with E-state index in [-0.39, 0.29) is 0 Å². The first-order valence-corrected chi connectivity index (χ1v) is 9.13. The van der Waals surface area contributed by atoms with E-state index in [4.69, 9.17) is 0 Å². The second-order valence-corrected chi connectivity index (χ2v) is 8.18. The zero-order chi connectivity index (χ0) is 13.9. The van der Waals surface area contributed by atoms with E-state index >= 15 is 0 Å². The number of hydrogen-bond donors (Lipinski definition) is 0. The van der Waals surface area contributed by atoms with Crippen molar-refractivity contribution in [3.63, 3.8) is 0 Å². The van der Waals surface area contributed by atoms with Crippen LogP contribution in [0.15, 0.2) is 24.3 Å². The highest BCUT2D eigenvalue weighted by Crippen LogP contribution is 2.26. The van der Waals surface area contributed by atoms with E-state index < -0.39 is 0 Å². The van der Waals surface area contributed by atoms with Gasteiger partial charge in [-0.2, -0.15) is 0 Å². The van der Waals surface area contributed by atoms with Gasteiger partial charge in [0.05, 0.1) is 0 Å². The number of piperidine rings is 1. The van der Waals surface area contributed by atoms with E-state index in [1.165, 1.54) is 63.2 Å². The fourth-order valence-electron chi connectivity index (χ4n) is 3.49. The number of benzene rings is 1. The van der Waals surface area contributed by atoms with Gasteiger partial charge >= 0.3 is 0 Å². The molecule has 1 unspecified atom stereocenters. The highest BCUT2D eigenvalue weighted by atomic mass is 127. The van der Waals surface area contributed by atoms with E-state index in [9.17, 15) is 0 Å². The van der Waals surface area contributed by atoms with Crippen LogP contribution in [0.3, 0.4) is 0 Å². The van der Waals surface area contributed by atoms with Crippen molar-refractivity contribution in [2.24, 2.45) is 5.92 Å². The summed E-state index contributed by atoms with van der Waals surface area (Å²) < 4.78 is 0.913. The van der Waals surface area contributed by atoms with Crippen LogP contribution < -0.4 is 4.90 Å². The monoisotopic (exact) mass is 384 g/mol. The molecule has 3 heteroatoms. The fourth-order valence-corrected chi connectivity index (χ4v) is 4.05. The van der Waals surface area contributed by atoms with Gasteiger partial charge in [-0.15, -0.1) is 0 Å². The van der Waals surface area contributed by atoms with Gasteiger partial charge in [-0.25, -0.2) is 0 Å². The summed E-state index contributed by atoms with van der Waals surface area (Å²) in [6.45, 7) is 8.60. The molecule has 2 aliphatic heterocycles. The number of aryl methyl sites for hydroxylation is 1. The lowest BCUT2D eigenvalue weighted by Crippen LogP contribution is -2.38.